The van der Waals surface area contributed by atoms with Gasteiger partial charge in [-0.25, -0.2) is 9.98 Å². The van der Waals surface area contributed by atoms with E-state index in [9.17, 15) is 15.3 Å². The van der Waals surface area contributed by atoms with Crippen LogP contribution in [0.5, 0.6) is 0 Å². The summed E-state index contributed by atoms with van der Waals surface area (Å²) in [5, 5.41) is 32.5. The van der Waals surface area contributed by atoms with Crippen molar-refractivity contribution in [3.63, 3.8) is 0 Å². The van der Waals surface area contributed by atoms with Gasteiger partial charge in [0.15, 0.2) is 12.5 Å². The van der Waals surface area contributed by atoms with E-state index in [0.29, 0.717) is 23.2 Å². The SMILES string of the molecule is COC1N=C(C)Nc2c1nc(C)n2[C@@H]1O[C@H](CO)[C@@H](O)[C@H]1O. The minimum Gasteiger partial charge on any atom is -0.394 e. The number of aliphatic hydroxyl groups excluding tert-OH is 3. The number of nitrogens with zero attached hydrogens (tertiary/aromatic N) is 3. The topological polar surface area (TPSA) is 121 Å². The molecule has 9 nitrogen and oxygen atoms in total. The van der Waals surface area contributed by atoms with Crippen LogP contribution in [-0.4, -0.2) is 62.7 Å². The van der Waals surface area contributed by atoms with Gasteiger partial charge in [-0.2, -0.15) is 0 Å². The molecule has 1 unspecified atom stereocenters. The van der Waals surface area contributed by atoms with Crippen molar-refractivity contribution in [1.82, 2.24) is 9.55 Å². The van der Waals surface area contributed by atoms with Crippen LogP contribution in [0.15, 0.2) is 4.99 Å². The van der Waals surface area contributed by atoms with Crippen LogP contribution in [0.4, 0.5) is 5.82 Å². The maximum absolute atomic E-state index is 10.2. The van der Waals surface area contributed by atoms with E-state index < -0.39 is 30.8 Å². The summed E-state index contributed by atoms with van der Waals surface area (Å²) in [6, 6.07) is 0. The fraction of sp³-hybridized carbons (Fsp3) is 0.692. The second-order valence-electron chi connectivity index (χ2n) is 5.42. The molecule has 1 aromatic rings. The van der Waals surface area contributed by atoms with Crippen LogP contribution in [0.25, 0.3) is 0 Å². The van der Waals surface area contributed by atoms with E-state index in [-0.39, 0.29) is 6.61 Å². The number of methoxy groups -OCH3 is 1. The number of imidazole rings is 1. The zero-order chi connectivity index (χ0) is 16.0. The van der Waals surface area contributed by atoms with E-state index in [0.717, 1.165) is 0 Å². The number of aromatic nitrogens is 2. The third kappa shape index (κ3) is 2.22. The summed E-state index contributed by atoms with van der Waals surface area (Å²) in [6.45, 7) is 3.18. The first-order valence-electron chi connectivity index (χ1n) is 7.03. The summed E-state index contributed by atoms with van der Waals surface area (Å²) in [5.74, 6) is 1.83. The van der Waals surface area contributed by atoms with E-state index in [1.807, 2.05) is 0 Å². The van der Waals surface area contributed by atoms with Crippen molar-refractivity contribution in [2.24, 2.45) is 4.99 Å². The van der Waals surface area contributed by atoms with Gasteiger partial charge in [-0.3, -0.25) is 4.57 Å². The standard InChI is InChI=1S/C13H20N4O5/c1-5-14-11-8(12(15-5)21-3)16-6(2)17(11)13-10(20)9(19)7(4-18)22-13/h7,9-10,12-13,18-20H,4H2,1-3H3,(H,14,15)/t7-,9-,10-,12?,13-/m1/s1. The minimum atomic E-state index is -1.17. The summed E-state index contributed by atoms with van der Waals surface area (Å²) < 4.78 is 12.6. The van der Waals surface area contributed by atoms with Crippen LogP contribution in [0, 0.1) is 6.92 Å². The zero-order valence-corrected chi connectivity index (χ0v) is 12.6. The molecule has 22 heavy (non-hydrogen) atoms. The lowest BCUT2D eigenvalue weighted by atomic mass is 10.1. The molecule has 0 saturated carbocycles. The Morgan fingerprint density at radius 3 is 2.64 bits per heavy atom. The minimum absolute atomic E-state index is 0.376. The summed E-state index contributed by atoms with van der Waals surface area (Å²) in [7, 11) is 1.54. The van der Waals surface area contributed by atoms with Gasteiger partial charge in [-0.05, 0) is 13.8 Å². The molecule has 0 aliphatic carbocycles. The van der Waals surface area contributed by atoms with Crippen molar-refractivity contribution in [2.45, 2.75) is 44.6 Å². The number of hydrogen-bond donors (Lipinski definition) is 4. The van der Waals surface area contributed by atoms with E-state index >= 15 is 0 Å². The average molecular weight is 312 g/mol. The lowest BCUT2D eigenvalue weighted by Crippen LogP contribution is -2.33. The molecular weight excluding hydrogens is 292 g/mol. The fourth-order valence-corrected chi connectivity index (χ4v) is 2.87. The number of aryl methyl sites for hydroxylation is 1. The van der Waals surface area contributed by atoms with Gasteiger partial charge in [0.05, 0.1) is 6.61 Å². The summed E-state index contributed by atoms with van der Waals surface area (Å²) in [5.41, 5.74) is 0.586. The Hall–Kier alpha value is -1.52. The smallest absolute Gasteiger partial charge is 0.196 e. The number of anilines is 1. The molecule has 0 bridgehead atoms. The number of fused-ring (bicyclic) bond motifs is 1. The Morgan fingerprint density at radius 1 is 1.32 bits per heavy atom. The quantitative estimate of drug-likeness (QED) is 0.582. The Balaban J connectivity index is 2.02. The molecule has 9 heteroatoms. The second-order valence-corrected chi connectivity index (χ2v) is 5.42. The highest BCUT2D eigenvalue weighted by atomic mass is 16.6. The molecule has 1 fully saturated rings. The number of rotatable bonds is 3. The molecule has 0 radical (unpaired) electrons. The van der Waals surface area contributed by atoms with Crippen LogP contribution in [0.2, 0.25) is 0 Å². The number of hydrogen-bond acceptors (Lipinski definition) is 8. The first-order chi connectivity index (χ1) is 10.5. The van der Waals surface area contributed by atoms with Crippen LogP contribution < -0.4 is 5.32 Å². The molecule has 1 aromatic heterocycles. The Bertz CT molecular complexity index is 601. The van der Waals surface area contributed by atoms with Gasteiger partial charge < -0.3 is 30.1 Å². The van der Waals surface area contributed by atoms with E-state index in [4.69, 9.17) is 9.47 Å². The third-order valence-corrected chi connectivity index (χ3v) is 3.95. The third-order valence-electron chi connectivity index (χ3n) is 3.95. The Morgan fingerprint density at radius 2 is 2.05 bits per heavy atom. The van der Waals surface area contributed by atoms with E-state index in [1.54, 1.807) is 18.4 Å². The van der Waals surface area contributed by atoms with E-state index in [2.05, 4.69) is 15.3 Å². The van der Waals surface area contributed by atoms with Crippen molar-refractivity contribution in [3.8, 4) is 0 Å². The molecule has 2 aliphatic rings. The van der Waals surface area contributed by atoms with Crippen molar-refractivity contribution < 1.29 is 24.8 Å². The summed E-state index contributed by atoms with van der Waals surface area (Å²) in [6.07, 6.45) is -4.55. The average Bonchev–Trinajstić information content (AvgIpc) is 2.96. The van der Waals surface area contributed by atoms with Crippen molar-refractivity contribution in [3.05, 3.63) is 11.5 Å². The van der Waals surface area contributed by atoms with Crippen LogP contribution >= 0.6 is 0 Å². The molecule has 122 valence electrons. The van der Waals surface area contributed by atoms with Gasteiger partial charge in [0, 0.05) is 7.11 Å². The Kier molecular flexibility index (Phi) is 3.91. The molecule has 0 aromatic carbocycles. The monoisotopic (exact) mass is 312 g/mol. The summed E-state index contributed by atoms with van der Waals surface area (Å²) >= 11 is 0. The van der Waals surface area contributed by atoms with Gasteiger partial charge >= 0.3 is 0 Å². The van der Waals surface area contributed by atoms with Gasteiger partial charge in [-0.1, -0.05) is 0 Å². The van der Waals surface area contributed by atoms with Gasteiger partial charge in [0.2, 0.25) is 0 Å². The van der Waals surface area contributed by atoms with Crippen LogP contribution in [0.3, 0.4) is 0 Å². The highest BCUT2D eigenvalue weighted by Gasteiger charge is 2.45. The fourth-order valence-electron chi connectivity index (χ4n) is 2.87. The normalized spacial score (nSPS) is 34.3. The summed E-state index contributed by atoms with van der Waals surface area (Å²) in [4.78, 5) is 8.73. The van der Waals surface area contributed by atoms with Crippen molar-refractivity contribution in [1.29, 1.82) is 0 Å². The van der Waals surface area contributed by atoms with Gasteiger partial charge in [-0.15, -0.1) is 0 Å². The molecule has 3 heterocycles. The van der Waals surface area contributed by atoms with E-state index in [1.165, 1.54) is 7.11 Å². The lowest BCUT2D eigenvalue weighted by Gasteiger charge is -2.24. The molecule has 2 aliphatic heterocycles. The van der Waals surface area contributed by atoms with Gasteiger partial charge in [0.1, 0.15) is 41.5 Å². The van der Waals surface area contributed by atoms with Crippen LogP contribution in [0.1, 0.15) is 30.9 Å². The van der Waals surface area contributed by atoms with Crippen molar-refractivity contribution >= 4 is 11.7 Å². The number of aliphatic imine (C=N–C) groups is 1. The predicted molar refractivity (Wildman–Crippen MR) is 76.5 cm³/mol. The Labute approximate surface area is 127 Å². The maximum Gasteiger partial charge on any atom is 0.196 e. The highest BCUT2D eigenvalue weighted by molar-refractivity contribution is 5.95. The molecular formula is C13H20N4O5. The molecule has 0 spiro atoms. The molecule has 0 amide bonds. The first kappa shape index (κ1) is 15.4. The number of aliphatic hydroxyl groups is 3. The molecule has 5 atom stereocenters. The zero-order valence-electron chi connectivity index (χ0n) is 12.6. The number of nitrogens with one attached hydrogen (secondary N) is 1. The maximum atomic E-state index is 10.2. The van der Waals surface area contributed by atoms with Gasteiger partial charge in [0.25, 0.3) is 0 Å². The largest absolute Gasteiger partial charge is 0.394 e. The lowest BCUT2D eigenvalue weighted by molar-refractivity contribution is -0.0527. The molecule has 4 N–H and O–H groups in total. The predicted octanol–water partition coefficient (Wildman–Crippen LogP) is -0.708. The van der Waals surface area contributed by atoms with Crippen LogP contribution in [-0.2, 0) is 9.47 Å². The van der Waals surface area contributed by atoms with Crippen molar-refractivity contribution in [2.75, 3.05) is 19.0 Å². The first-order valence-corrected chi connectivity index (χ1v) is 7.03. The number of ether oxygens (including phenoxy) is 2. The highest BCUT2D eigenvalue weighted by Crippen LogP contribution is 2.38. The number of amidine groups is 1. The molecule has 1 saturated heterocycles. The molecule has 3 rings (SSSR count). The second kappa shape index (κ2) is 5.60.